The second-order valence-electron chi connectivity index (χ2n) is 4.55. The number of hydrogen-bond acceptors (Lipinski definition) is 4. The van der Waals surface area contributed by atoms with Crippen LogP contribution in [0.4, 0.5) is 0 Å². The van der Waals surface area contributed by atoms with Crippen molar-refractivity contribution in [1.29, 1.82) is 0 Å². The molecule has 94 valence electrons. The van der Waals surface area contributed by atoms with Gasteiger partial charge >= 0.3 is 0 Å². The molecule has 1 aromatic rings. The van der Waals surface area contributed by atoms with Gasteiger partial charge in [-0.2, -0.15) is 0 Å². The second kappa shape index (κ2) is 5.49. The van der Waals surface area contributed by atoms with Crippen molar-refractivity contribution in [1.82, 2.24) is 10.2 Å². The molecule has 2 rings (SSSR count). The van der Waals surface area contributed by atoms with Gasteiger partial charge in [0.15, 0.2) is 0 Å². The highest BCUT2D eigenvalue weighted by Gasteiger charge is 2.25. The molecular formula is C13H21N3O. The number of methoxy groups -OCH3 is 1. The van der Waals surface area contributed by atoms with Crippen molar-refractivity contribution in [3.63, 3.8) is 0 Å². The number of nitrogens with one attached hydrogen (secondary N) is 1. The third-order valence-corrected chi connectivity index (χ3v) is 3.48. The van der Waals surface area contributed by atoms with Gasteiger partial charge in [0.1, 0.15) is 5.75 Å². The third-order valence-electron chi connectivity index (χ3n) is 3.48. The quantitative estimate of drug-likeness (QED) is 0.805. The Morgan fingerprint density at radius 1 is 1.41 bits per heavy atom. The number of ether oxygens (including phenoxy) is 1. The number of likely N-dealkylation sites (N-methyl/N-ethyl adjacent to an activating group) is 1. The minimum atomic E-state index is 0.0405. The SMILES string of the molecule is COc1ccc(C(N)C2CNCCN2C)cc1. The van der Waals surface area contributed by atoms with Crippen LogP contribution in [0.5, 0.6) is 5.75 Å². The average molecular weight is 235 g/mol. The first-order chi connectivity index (χ1) is 8.22. The Kier molecular flexibility index (Phi) is 3.99. The molecule has 0 radical (unpaired) electrons. The van der Waals surface area contributed by atoms with E-state index < -0.39 is 0 Å². The minimum absolute atomic E-state index is 0.0405. The van der Waals surface area contributed by atoms with Crippen LogP contribution in [0.25, 0.3) is 0 Å². The fourth-order valence-corrected chi connectivity index (χ4v) is 2.28. The first-order valence-corrected chi connectivity index (χ1v) is 6.03. The molecule has 0 bridgehead atoms. The minimum Gasteiger partial charge on any atom is -0.497 e. The molecular weight excluding hydrogens is 214 g/mol. The van der Waals surface area contributed by atoms with Gasteiger partial charge in [-0.25, -0.2) is 0 Å². The lowest BCUT2D eigenvalue weighted by Gasteiger charge is -2.37. The maximum atomic E-state index is 6.33. The predicted octanol–water partition coefficient (Wildman–Crippen LogP) is 0.599. The molecule has 0 amide bonds. The van der Waals surface area contributed by atoms with Crippen LogP contribution in [-0.2, 0) is 0 Å². The Morgan fingerprint density at radius 2 is 2.12 bits per heavy atom. The van der Waals surface area contributed by atoms with E-state index >= 15 is 0 Å². The lowest BCUT2D eigenvalue weighted by Crippen LogP contribution is -2.53. The van der Waals surface area contributed by atoms with Gasteiger partial charge in [-0.15, -0.1) is 0 Å². The summed E-state index contributed by atoms with van der Waals surface area (Å²) < 4.78 is 5.15. The van der Waals surface area contributed by atoms with Gasteiger partial charge in [0.2, 0.25) is 0 Å². The molecule has 0 spiro atoms. The highest BCUT2D eigenvalue weighted by molar-refractivity contribution is 5.29. The van der Waals surface area contributed by atoms with Crippen LogP contribution >= 0.6 is 0 Å². The van der Waals surface area contributed by atoms with Gasteiger partial charge in [-0.3, -0.25) is 4.90 Å². The highest BCUT2D eigenvalue weighted by Crippen LogP contribution is 2.21. The van der Waals surface area contributed by atoms with Crippen LogP contribution in [0.3, 0.4) is 0 Å². The highest BCUT2D eigenvalue weighted by atomic mass is 16.5. The van der Waals surface area contributed by atoms with Crippen molar-refractivity contribution in [3.8, 4) is 5.75 Å². The van der Waals surface area contributed by atoms with Gasteiger partial charge in [-0.05, 0) is 24.7 Å². The van der Waals surface area contributed by atoms with Gasteiger partial charge in [0, 0.05) is 31.7 Å². The zero-order valence-corrected chi connectivity index (χ0v) is 10.5. The Labute approximate surface area is 103 Å². The zero-order chi connectivity index (χ0) is 12.3. The summed E-state index contributed by atoms with van der Waals surface area (Å²) in [6, 6.07) is 8.42. The fraction of sp³-hybridized carbons (Fsp3) is 0.538. The summed E-state index contributed by atoms with van der Waals surface area (Å²) in [5, 5.41) is 3.39. The van der Waals surface area contributed by atoms with Crippen molar-refractivity contribution >= 4 is 0 Å². The molecule has 0 aliphatic carbocycles. The lowest BCUT2D eigenvalue weighted by atomic mass is 9.98. The number of hydrogen-bond donors (Lipinski definition) is 2. The lowest BCUT2D eigenvalue weighted by molar-refractivity contribution is 0.174. The maximum absolute atomic E-state index is 6.33. The van der Waals surface area contributed by atoms with Gasteiger partial charge in [0.25, 0.3) is 0 Å². The Balaban J connectivity index is 2.09. The number of rotatable bonds is 3. The Hall–Kier alpha value is -1.10. The maximum Gasteiger partial charge on any atom is 0.118 e. The van der Waals surface area contributed by atoms with Crippen molar-refractivity contribution in [3.05, 3.63) is 29.8 Å². The van der Waals surface area contributed by atoms with Crippen molar-refractivity contribution in [2.45, 2.75) is 12.1 Å². The second-order valence-corrected chi connectivity index (χ2v) is 4.55. The van der Waals surface area contributed by atoms with Crippen molar-refractivity contribution < 1.29 is 4.74 Å². The van der Waals surface area contributed by atoms with Crippen LogP contribution in [0.1, 0.15) is 11.6 Å². The van der Waals surface area contributed by atoms with Crippen LogP contribution < -0.4 is 15.8 Å². The topological polar surface area (TPSA) is 50.5 Å². The van der Waals surface area contributed by atoms with Gasteiger partial charge < -0.3 is 15.8 Å². The molecule has 1 aliphatic rings. The molecule has 3 N–H and O–H groups in total. The molecule has 2 atom stereocenters. The molecule has 4 heteroatoms. The van der Waals surface area contributed by atoms with E-state index in [1.165, 1.54) is 0 Å². The molecule has 1 aromatic carbocycles. The van der Waals surface area contributed by atoms with E-state index in [2.05, 4.69) is 17.3 Å². The third kappa shape index (κ3) is 2.77. The normalized spacial score (nSPS) is 23.4. The van der Waals surface area contributed by atoms with Crippen molar-refractivity contribution in [2.24, 2.45) is 5.73 Å². The first kappa shape index (κ1) is 12.4. The first-order valence-electron chi connectivity index (χ1n) is 6.03. The van der Waals surface area contributed by atoms with E-state index in [-0.39, 0.29) is 6.04 Å². The zero-order valence-electron chi connectivity index (χ0n) is 10.5. The summed E-state index contributed by atoms with van der Waals surface area (Å²) in [5.74, 6) is 0.871. The summed E-state index contributed by atoms with van der Waals surface area (Å²) in [7, 11) is 3.81. The van der Waals surface area contributed by atoms with E-state index in [1.54, 1.807) is 7.11 Å². The Bertz CT molecular complexity index is 352. The van der Waals surface area contributed by atoms with Crippen LogP contribution in [-0.4, -0.2) is 44.7 Å². The molecule has 0 saturated carbocycles. The van der Waals surface area contributed by atoms with E-state index in [4.69, 9.17) is 10.5 Å². The summed E-state index contributed by atoms with van der Waals surface area (Å²) >= 11 is 0. The number of nitrogens with zero attached hydrogens (tertiary/aromatic N) is 1. The average Bonchev–Trinajstić information content (AvgIpc) is 2.39. The van der Waals surface area contributed by atoms with Crippen LogP contribution in [0.2, 0.25) is 0 Å². The molecule has 1 aliphatic heterocycles. The number of piperazine rings is 1. The smallest absolute Gasteiger partial charge is 0.118 e. The molecule has 1 heterocycles. The van der Waals surface area contributed by atoms with E-state index in [0.717, 1.165) is 30.9 Å². The summed E-state index contributed by atoms with van der Waals surface area (Å²) in [5.41, 5.74) is 7.49. The largest absolute Gasteiger partial charge is 0.497 e. The predicted molar refractivity (Wildman–Crippen MR) is 69.2 cm³/mol. The summed E-state index contributed by atoms with van der Waals surface area (Å²) in [4.78, 5) is 2.32. The standard InChI is InChI=1S/C13H21N3O/c1-16-8-7-15-9-12(16)13(14)10-3-5-11(17-2)6-4-10/h3-6,12-13,15H,7-9,14H2,1-2H3. The van der Waals surface area contributed by atoms with Crippen LogP contribution in [0.15, 0.2) is 24.3 Å². The molecule has 2 unspecified atom stereocenters. The summed E-state index contributed by atoms with van der Waals surface area (Å²) in [6.45, 7) is 3.04. The summed E-state index contributed by atoms with van der Waals surface area (Å²) in [6.07, 6.45) is 0. The van der Waals surface area contributed by atoms with E-state index in [9.17, 15) is 0 Å². The number of benzene rings is 1. The molecule has 4 nitrogen and oxygen atoms in total. The Morgan fingerprint density at radius 3 is 2.71 bits per heavy atom. The van der Waals surface area contributed by atoms with E-state index in [0.29, 0.717) is 6.04 Å². The van der Waals surface area contributed by atoms with Gasteiger partial charge in [0.05, 0.1) is 7.11 Å². The molecule has 1 saturated heterocycles. The monoisotopic (exact) mass is 235 g/mol. The van der Waals surface area contributed by atoms with Gasteiger partial charge in [-0.1, -0.05) is 12.1 Å². The van der Waals surface area contributed by atoms with E-state index in [1.807, 2.05) is 24.3 Å². The fourth-order valence-electron chi connectivity index (χ4n) is 2.28. The van der Waals surface area contributed by atoms with Crippen molar-refractivity contribution in [2.75, 3.05) is 33.8 Å². The molecule has 17 heavy (non-hydrogen) atoms. The van der Waals surface area contributed by atoms with Crippen LogP contribution in [0, 0.1) is 0 Å². The number of nitrogens with two attached hydrogens (primary N) is 1. The molecule has 0 aromatic heterocycles. The molecule has 1 fully saturated rings.